The lowest BCUT2D eigenvalue weighted by Crippen LogP contribution is -2.34. The molecule has 8 nitrogen and oxygen atoms in total. The molecule has 0 bridgehead atoms. The van der Waals surface area contributed by atoms with E-state index in [9.17, 15) is 0 Å². The van der Waals surface area contributed by atoms with E-state index in [1.807, 2.05) is 0 Å². The highest BCUT2D eigenvalue weighted by Gasteiger charge is 2.17. The number of aliphatic hydroxyl groups is 2. The van der Waals surface area contributed by atoms with Gasteiger partial charge in [0.05, 0.1) is 13.2 Å². The Kier molecular flexibility index (Phi) is 5.31. The zero-order chi connectivity index (χ0) is 14.4. The van der Waals surface area contributed by atoms with Crippen LogP contribution < -0.4 is 15.5 Å². The van der Waals surface area contributed by atoms with E-state index >= 15 is 0 Å². The minimum Gasteiger partial charge on any atom is -0.395 e. The quantitative estimate of drug-likeness (QED) is 0.624. The van der Waals surface area contributed by atoms with Crippen molar-refractivity contribution in [2.75, 3.05) is 54.9 Å². The van der Waals surface area contributed by atoms with Gasteiger partial charge in [-0.05, 0) is 19.3 Å². The Morgan fingerprint density at radius 1 is 1.00 bits per heavy atom. The molecule has 0 unspecified atom stereocenters. The third-order valence-electron chi connectivity index (χ3n) is 3.29. The van der Waals surface area contributed by atoms with Crippen LogP contribution in [-0.4, -0.2) is 64.6 Å². The van der Waals surface area contributed by atoms with Crippen LogP contribution in [0.3, 0.4) is 0 Å². The summed E-state index contributed by atoms with van der Waals surface area (Å²) in [5.41, 5.74) is 5.76. The van der Waals surface area contributed by atoms with Gasteiger partial charge in [-0.25, -0.2) is 0 Å². The first-order valence-electron chi connectivity index (χ1n) is 6.97. The second-order valence-corrected chi connectivity index (χ2v) is 4.78. The Hall–Kier alpha value is -1.67. The number of nitrogen functional groups attached to an aromatic ring is 1. The van der Waals surface area contributed by atoms with Crippen molar-refractivity contribution in [1.82, 2.24) is 15.0 Å². The lowest BCUT2D eigenvalue weighted by atomic mass is 10.1. The number of nitrogens with zero attached hydrogens (tertiary/aromatic N) is 5. The van der Waals surface area contributed by atoms with Gasteiger partial charge in [0.15, 0.2) is 0 Å². The van der Waals surface area contributed by atoms with E-state index in [0.717, 1.165) is 25.9 Å². The maximum absolute atomic E-state index is 9.08. The smallest absolute Gasteiger partial charge is 0.232 e. The second kappa shape index (κ2) is 7.20. The number of rotatable bonds is 6. The van der Waals surface area contributed by atoms with E-state index in [4.69, 9.17) is 15.9 Å². The maximum atomic E-state index is 9.08. The van der Waals surface area contributed by atoms with Crippen LogP contribution in [0.15, 0.2) is 0 Å². The fourth-order valence-electron chi connectivity index (χ4n) is 2.30. The van der Waals surface area contributed by atoms with Crippen molar-refractivity contribution in [3.05, 3.63) is 0 Å². The normalized spacial score (nSPS) is 15.4. The maximum Gasteiger partial charge on any atom is 0.232 e. The van der Waals surface area contributed by atoms with E-state index < -0.39 is 0 Å². The summed E-state index contributed by atoms with van der Waals surface area (Å²) < 4.78 is 0. The molecule has 2 heterocycles. The van der Waals surface area contributed by atoms with Crippen molar-refractivity contribution < 1.29 is 10.2 Å². The molecule has 0 atom stereocenters. The Balaban J connectivity index is 2.21. The van der Waals surface area contributed by atoms with Crippen LogP contribution in [0.25, 0.3) is 0 Å². The number of piperidine rings is 1. The molecule has 2 rings (SSSR count). The summed E-state index contributed by atoms with van der Waals surface area (Å²) in [4.78, 5) is 16.5. The van der Waals surface area contributed by atoms with Gasteiger partial charge in [0.1, 0.15) is 0 Å². The molecule has 0 spiro atoms. The number of nitrogens with two attached hydrogens (primary N) is 1. The van der Waals surface area contributed by atoms with E-state index in [1.54, 1.807) is 4.90 Å². The van der Waals surface area contributed by atoms with Crippen LogP contribution in [0.5, 0.6) is 0 Å². The van der Waals surface area contributed by atoms with Crippen molar-refractivity contribution in [1.29, 1.82) is 0 Å². The van der Waals surface area contributed by atoms with E-state index in [-0.39, 0.29) is 19.2 Å². The predicted molar refractivity (Wildman–Crippen MR) is 76.7 cm³/mol. The molecular weight excluding hydrogens is 260 g/mol. The van der Waals surface area contributed by atoms with Crippen molar-refractivity contribution in [3.8, 4) is 0 Å². The Bertz CT molecular complexity index is 418. The van der Waals surface area contributed by atoms with Crippen LogP contribution in [0, 0.1) is 0 Å². The molecule has 0 amide bonds. The van der Waals surface area contributed by atoms with Crippen molar-refractivity contribution in [2.45, 2.75) is 19.3 Å². The van der Waals surface area contributed by atoms with Crippen molar-refractivity contribution in [2.24, 2.45) is 0 Å². The van der Waals surface area contributed by atoms with Crippen LogP contribution in [0.1, 0.15) is 19.3 Å². The summed E-state index contributed by atoms with van der Waals surface area (Å²) in [5.74, 6) is 1.14. The van der Waals surface area contributed by atoms with Crippen molar-refractivity contribution in [3.63, 3.8) is 0 Å². The molecule has 1 fully saturated rings. The summed E-state index contributed by atoms with van der Waals surface area (Å²) in [6.45, 7) is 2.47. The standard InChI is InChI=1S/C12H22N6O2/c13-10-14-11(17-4-2-1-3-5-17)16-12(15-10)18(6-8-19)7-9-20/h19-20H,1-9H2,(H2,13,14,15,16). The predicted octanol–water partition coefficient (Wildman–Crippen LogP) is -0.765. The van der Waals surface area contributed by atoms with Gasteiger partial charge in [-0.2, -0.15) is 15.0 Å². The molecular formula is C12H22N6O2. The van der Waals surface area contributed by atoms with E-state index in [2.05, 4.69) is 19.9 Å². The Labute approximate surface area is 118 Å². The molecule has 8 heteroatoms. The molecule has 0 radical (unpaired) electrons. The number of aromatic nitrogens is 3. The Morgan fingerprint density at radius 3 is 2.25 bits per heavy atom. The van der Waals surface area contributed by atoms with Gasteiger partial charge in [-0.15, -0.1) is 0 Å². The minimum absolute atomic E-state index is 0.0371. The highest BCUT2D eigenvalue weighted by atomic mass is 16.3. The molecule has 1 saturated heterocycles. The van der Waals surface area contributed by atoms with E-state index in [0.29, 0.717) is 25.0 Å². The van der Waals surface area contributed by atoms with Gasteiger partial charge in [0.25, 0.3) is 0 Å². The molecule has 0 saturated carbocycles. The molecule has 4 N–H and O–H groups in total. The highest BCUT2D eigenvalue weighted by molar-refractivity contribution is 5.43. The first kappa shape index (κ1) is 14.7. The van der Waals surface area contributed by atoms with Crippen LogP contribution >= 0.6 is 0 Å². The topological polar surface area (TPSA) is 112 Å². The number of hydrogen-bond donors (Lipinski definition) is 3. The molecule has 20 heavy (non-hydrogen) atoms. The van der Waals surface area contributed by atoms with Crippen LogP contribution in [0.4, 0.5) is 17.8 Å². The van der Waals surface area contributed by atoms with Gasteiger partial charge >= 0.3 is 0 Å². The number of anilines is 3. The third kappa shape index (κ3) is 3.67. The second-order valence-electron chi connectivity index (χ2n) is 4.78. The van der Waals surface area contributed by atoms with Gasteiger partial charge in [-0.3, -0.25) is 0 Å². The van der Waals surface area contributed by atoms with Gasteiger partial charge in [-0.1, -0.05) is 0 Å². The third-order valence-corrected chi connectivity index (χ3v) is 3.29. The number of aliphatic hydroxyl groups excluding tert-OH is 2. The zero-order valence-corrected chi connectivity index (χ0v) is 11.6. The zero-order valence-electron chi connectivity index (χ0n) is 11.6. The molecule has 1 aromatic rings. The summed E-state index contributed by atoms with van der Waals surface area (Å²) in [6.07, 6.45) is 3.47. The monoisotopic (exact) mass is 282 g/mol. The lowest BCUT2D eigenvalue weighted by molar-refractivity contribution is 0.280. The van der Waals surface area contributed by atoms with Gasteiger partial charge < -0.3 is 25.7 Å². The molecule has 1 aliphatic heterocycles. The van der Waals surface area contributed by atoms with Crippen molar-refractivity contribution >= 4 is 17.8 Å². The van der Waals surface area contributed by atoms with Crippen LogP contribution in [-0.2, 0) is 0 Å². The largest absolute Gasteiger partial charge is 0.395 e. The fraction of sp³-hybridized carbons (Fsp3) is 0.750. The summed E-state index contributed by atoms with van der Waals surface area (Å²) in [7, 11) is 0. The SMILES string of the molecule is Nc1nc(N(CCO)CCO)nc(N2CCCCC2)n1. The highest BCUT2D eigenvalue weighted by Crippen LogP contribution is 2.19. The molecule has 112 valence electrons. The average molecular weight is 282 g/mol. The lowest BCUT2D eigenvalue weighted by Gasteiger charge is -2.28. The Morgan fingerprint density at radius 2 is 1.65 bits per heavy atom. The molecule has 0 aliphatic carbocycles. The molecule has 1 aromatic heterocycles. The van der Waals surface area contributed by atoms with Gasteiger partial charge in [0.2, 0.25) is 17.8 Å². The van der Waals surface area contributed by atoms with E-state index in [1.165, 1.54) is 6.42 Å². The summed E-state index contributed by atoms with van der Waals surface area (Å²) in [6, 6.07) is 0. The first-order valence-corrected chi connectivity index (χ1v) is 6.97. The number of hydrogen-bond acceptors (Lipinski definition) is 8. The summed E-state index contributed by atoms with van der Waals surface area (Å²) in [5, 5.41) is 18.2. The molecule has 1 aliphatic rings. The fourth-order valence-corrected chi connectivity index (χ4v) is 2.30. The van der Waals surface area contributed by atoms with Crippen LogP contribution in [0.2, 0.25) is 0 Å². The van der Waals surface area contributed by atoms with Gasteiger partial charge in [0, 0.05) is 26.2 Å². The average Bonchev–Trinajstić information content (AvgIpc) is 2.47. The summed E-state index contributed by atoms with van der Waals surface area (Å²) >= 11 is 0. The first-order chi connectivity index (χ1) is 9.74. The minimum atomic E-state index is -0.0371. The molecule has 0 aromatic carbocycles.